The van der Waals surface area contributed by atoms with E-state index in [2.05, 4.69) is 34.5 Å². The molecule has 6 nitrogen and oxygen atoms in total. The van der Waals surface area contributed by atoms with E-state index >= 15 is 0 Å². The number of nitrogens with one attached hydrogen (secondary N) is 1. The van der Waals surface area contributed by atoms with E-state index in [1.165, 1.54) is 28.2 Å². The summed E-state index contributed by atoms with van der Waals surface area (Å²) in [6, 6.07) is 15.0. The molecule has 1 aliphatic carbocycles. The van der Waals surface area contributed by atoms with Crippen molar-refractivity contribution >= 4 is 11.9 Å². The third kappa shape index (κ3) is 4.23. The number of hydrogen-bond donors (Lipinski definition) is 1. The van der Waals surface area contributed by atoms with Crippen LogP contribution in [0.4, 0.5) is 9.18 Å². The molecule has 1 atom stereocenters. The lowest BCUT2D eigenvalue weighted by atomic mass is 9.73. The van der Waals surface area contributed by atoms with Crippen LogP contribution in [-0.2, 0) is 28.8 Å². The van der Waals surface area contributed by atoms with Crippen LogP contribution < -0.4 is 5.32 Å². The highest BCUT2D eigenvalue weighted by atomic mass is 19.1. The number of likely N-dealkylation sites (tertiary alicyclic amines) is 1. The summed E-state index contributed by atoms with van der Waals surface area (Å²) in [6.07, 6.45) is 4.17. The SMILES string of the molecule is COCCN1C(=O)N[C@](Cc2ccc(F)cc2)(C2CCN(C3Cc4ccccc4C3)CC2)C1=O. The first-order valence-electron chi connectivity index (χ1n) is 12.2. The molecular weight excluding hydrogens is 433 g/mol. The monoisotopic (exact) mass is 465 g/mol. The van der Waals surface area contributed by atoms with Gasteiger partial charge in [0, 0.05) is 19.6 Å². The van der Waals surface area contributed by atoms with E-state index in [1.807, 2.05) is 0 Å². The van der Waals surface area contributed by atoms with Gasteiger partial charge in [0.2, 0.25) is 0 Å². The third-order valence-electron chi connectivity index (χ3n) is 7.89. The quantitative estimate of drug-likeness (QED) is 0.638. The van der Waals surface area contributed by atoms with Crippen LogP contribution in [0.1, 0.15) is 29.5 Å². The maximum absolute atomic E-state index is 13.7. The Hall–Kier alpha value is -2.77. The Balaban J connectivity index is 1.33. The summed E-state index contributed by atoms with van der Waals surface area (Å²) in [7, 11) is 1.56. The maximum Gasteiger partial charge on any atom is 0.325 e. The fourth-order valence-electron chi connectivity index (χ4n) is 6.05. The number of halogens is 1. The van der Waals surface area contributed by atoms with Gasteiger partial charge in [0.15, 0.2) is 0 Å². The second kappa shape index (κ2) is 9.47. The van der Waals surface area contributed by atoms with E-state index in [-0.39, 0.29) is 30.2 Å². The molecule has 3 aliphatic rings. The van der Waals surface area contributed by atoms with Crippen LogP contribution in [-0.4, -0.2) is 66.7 Å². The Morgan fingerprint density at radius 1 is 1.03 bits per heavy atom. The fraction of sp³-hybridized carbons (Fsp3) is 0.481. The van der Waals surface area contributed by atoms with E-state index in [0.29, 0.717) is 19.1 Å². The Morgan fingerprint density at radius 3 is 2.29 bits per heavy atom. The van der Waals surface area contributed by atoms with Gasteiger partial charge in [-0.05, 0) is 73.5 Å². The van der Waals surface area contributed by atoms with Gasteiger partial charge >= 0.3 is 6.03 Å². The van der Waals surface area contributed by atoms with Gasteiger partial charge in [-0.25, -0.2) is 9.18 Å². The highest BCUT2D eigenvalue weighted by molar-refractivity contribution is 6.07. The number of imide groups is 1. The molecular formula is C27H32FN3O3. The van der Waals surface area contributed by atoms with Crippen LogP contribution >= 0.6 is 0 Å². The van der Waals surface area contributed by atoms with Crippen molar-refractivity contribution in [1.29, 1.82) is 0 Å². The zero-order chi connectivity index (χ0) is 23.7. The van der Waals surface area contributed by atoms with Crippen LogP contribution in [0.5, 0.6) is 0 Å². The lowest BCUT2D eigenvalue weighted by Gasteiger charge is -2.42. The summed E-state index contributed by atoms with van der Waals surface area (Å²) in [5, 5.41) is 3.08. The second-order valence-corrected chi connectivity index (χ2v) is 9.80. The molecule has 3 amide bonds. The first kappa shape index (κ1) is 23.0. The largest absolute Gasteiger partial charge is 0.383 e. The highest BCUT2D eigenvalue weighted by Crippen LogP contribution is 2.38. The first-order chi connectivity index (χ1) is 16.5. The molecule has 2 aliphatic heterocycles. The van der Waals surface area contributed by atoms with Crippen molar-refractivity contribution in [3.63, 3.8) is 0 Å². The third-order valence-corrected chi connectivity index (χ3v) is 7.89. The van der Waals surface area contributed by atoms with Gasteiger partial charge in [0.25, 0.3) is 5.91 Å². The van der Waals surface area contributed by atoms with Crippen molar-refractivity contribution in [3.8, 4) is 0 Å². The molecule has 2 heterocycles. The molecule has 1 N–H and O–H groups in total. The predicted molar refractivity (Wildman–Crippen MR) is 127 cm³/mol. The minimum atomic E-state index is -1.01. The summed E-state index contributed by atoms with van der Waals surface area (Å²) < 4.78 is 18.6. The molecule has 0 radical (unpaired) electrons. The first-order valence-corrected chi connectivity index (χ1v) is 12.2. The Bertz CT molecular complexity index is 1030. The molecule has 2 fully saturated rings. The number of ether oxygens (including phenoxy) is 1. The number of carbonyl (C=O) groups is 2. The Morgan fingerprint density at radius 2 is 1.68 bits per heavy atom. The zero-order valence-electron chi connectivity index (χ0n) is 19.6. The number of benzene rings is 2. The smallest absolute Gasteiger partial charge is 0.325 e. The van der Waals surface area contributed by atoms with E-state index in [0.717, 1.165) is 44.3 Å². The maximum atomic E-state index is 13.7. The van der Waals surface area contributed by atoms with Crippen molar-refractivity contribution in [2.45, 2.75) is 43.7 Å². The number of urea groups is 1. The molecule has 2 aromatic rings. The minimum absolute atomic E-state index is 0.0153. The minimum Gasteiger partial charge on any atom is -0.383 e. The van der Waals surface area contributed by atoms with E-state index in [1.54, 1.807) is 19.2 Å². The summed E-state index contributed by atoms with van der Waals surface area (Å²) in [6.45, 7) is 2.32. The van der Waals surface area contributed by atoms with E-state index in [9.17, 15) is 14.0 Å². The van der Waals surface area contributed by atoms with Gasteiger partial charge in [-0.3, -0.25) is 14.6 Å². The molecule has 180 valence electrons. The predicted octanol–water partition coefficient (Wildman–Crippen LogP) is 3.18. The molecule has 7 heteroatoms. The number of amides is 3. The summed E-state index contributed by atoms with van der Waals surface area (Å²) in [4.78, 5) is 30.4. The van der Waals surface area contributed by atoms with Gasteiger partial charge in [-0.1, -0.05) is 36.4 Å². The van der Waals surface area contributed by atoms with Gasteiger partial charge < -0.3 is 10.1 Å². The lowest BCUT2D eigenvalue weighted by molar-refractivity contribution is -0.134. The van der Waals surface area contributed by atoms with E-state index < -0.39 is 5.54 Å². The standard InChI is InChI=1S/C27H32FN3O3/c1-34-15-14-31-25(32)27(29-26(31)33,18-19-6-8-23(28)9-7-19)22-10-12-30(13-11-22)24-16-20-4-2-3-5-21(20)17-24/h2-9,22,24H,10-18H2,1H3,(H,29,33)/t27-/m1/s1. The number of hydrogen-bond acceptors (Lipinski definition) is 4. The number of rotatable bonds is 7. The van der Waals surface area contributed by atoms with Crippen molar-refractivity contribution in [2.75, 3.05) is 33.4 Å². The summed E-state index contributed by atoms with van der Waals surface area (Å²) >= 11 is 0. The van der Waals surface area contributed by atoms with Crippen LogP contribution in [0.3, 0.4) is 0 Å². The summed E-state index contributed by atoms with van der Waals surface area (Å²) in [5.41, 5.74) is 2.72. The number of nitrogens with zero attached hydrogens (tertiary/aromatic N) is 2. The molecule has 0 unspecified atom stereocenters. The number of fused-ring (bicyclic) bond motifs is 1. The van der Waals surface area contributed by atoms with Crippen LogP contribution in [0.2, 0.25) is 0 Å². The number of methoxy groups -OCH3 is 1. The second-order valence-electron chi connectivity index (χ2n) is 9.80. The molecule has 0 spiro atoms. The van der Waals surface area contributed by atoms with E-state index in [4.69, 9.17) is 4.74 Å². The van der Waals surface area contributed by atoms with Crippen molar-refractivity contribution in [2.24, 2.45) is 5.92 Å². The van der Waals surface area contributed by atoms with Crippen LogP contribution in [0.25, 0.3) is 0 Å². The van der Waals surface area contributed by atoms with Gasteiger partial charge in [0.1, 0.15) is 11.4 Å². The molecule has 0 aromatic heterocycles. The van der Waals surface area contributed by atoms with Gasteiger partial charge in [-0.2, -0.15) is 0 Å². The number of piperidine rings is 1. The Labute approximate surface area is 200 Å². The average Bonchev–Trinajstić information content (AvgIpc) is 3.39. The lowest BCUT2D eigenvalue weighted by Crippen LogP contribution is -2.58. The Kier molecular flexibility index (Phi) is 6.40. The summed E-state index contributed by atoms with van der Waals surface area (Å²) in [5.74, 6) is -0.487. The number of carbonyl (C=O) groups excluding carboxylic acids is 2. The molecule has 34 heavy (non-hydrogen) atoms. The molecule has 2 saturated heterocycles. The zero-order valence-corrected chi connectivity index (χ0v) is 19.6. The van der Waals surface area contributed by atoms with Crippen LogP contribution in [0, 0.1) is 11.7 Å². The normalized spacial score (nSPS) is 24.0. The molecule has 5 rings (SSSR count). The fourth-order valence-corrected chi connectivity index (χ4v) is 6.05. The van der Waals surface area contributed by atoms with Crippen molar-refractivity contribution < 1.29 is 18.7 Å². The van der Waals surface area contributed by atoms with Gasteiger partial charge in [-0.15, -0.1) is 0 Å². The van der Waals surface area contributed by atoms with Crippen molar-refractivity contribution in [1.82, 2.24) is 15.1 Å². The molecule has 0 saturated carbocycles. The van der Waals surface area contributed by atoms with Crippen LogP contribution in [0.15, 0.2) is 48.5 Å². The molecule has 2 aromatic carbocycles. The topological polar surface area (TPSA) is 61.9 Å². The highest BCUT2D eigenvalue weighted by Gasteiger charge is 2.56. The van der Waals surface area contributed by atoms with Crippen molar-refractivity contribution in [3.05, 3.63) is 71.0 Å². The van der Waals surface area contributed by atoms with Gasteiger partial charge in [0.05, 0.1) is 13.2 Å². The average molecular weight is 466 g/mol. The molecule has 0 bridgehead atoms.